The summed E-state index contributed by atoms with van der Waals surface area (Å²) in [6.45, 7) is 0. The van der Waals surface area contributed by atoms with Crippen molar-refractivity contribution in [2.75, 3.05) is 0 Å². The molecule has 0 aliphatic rings. The molecule has 2 nitrogen and oxygen atoms in total. The van der Waals surface area contributed by atoms with Gasteiger partial charge in [-0.05, 0) is 36.5 Å². The molecule has 20 heavy (non-hydrogen) atoms. The summed E-state index contributed by atoms with van der Waals surface area (Å²) in [6, 6.07) is 7.12. The zero-order chi connectivity index (χ0) is 14.4. The summed E-state index contributed by atoms with van der Waals surface area (Å²) in [6.07, 6.45) is 0. The third-order valence-corrected chi connectivity index (χ3v) is 3.94. The van der Waals surface area contributed by atoms with Gasteiger partial charge < -0.3 is 4.98 Å². The van der Waals surface area contributed by atoms with E-state index in [2.05, 4.69) is 20.9 Å². The molecule has 0 unspecified atom stereocenters. The van der Waals surface area contributed by atoms with Gasteiger partial charge >= 0.3 is 0 Å². The summed E-state index contributed by atoms with van der Waals surface area (Å²) in [7, 11) is 0. The van der Waals surface area contributed by atoms with Crippen LogP contribution in [0.3, 0.4) is 0 Å². The van der Waals surface area contributed by atoms with Crippen molar-refractivity contribution in [2.24, 2.45) is 0 Å². The summed E-state index contributed by atoms with van der Waals surface area (Å²) >= 11 is 14.2. The van der Waals surface area contributed by atoms with E-state index in [4.69, 9.17) is 23.8 Å². The third-order valence-electron chi connectivity index (χ3n) is 2.87. The fourth-order valence-electron chi connectivity index (χ4n) is 2.00. The second kappa shape index (κ2) is 4.95. The maximum Gasteiger partial charge on any atom is 0.182 e. The number of nitrogens with zero attached hydrogens (tertiary/aromatic N) is 1. The molecule has 2 aromatic carbocycles. The Hall–Kier alpha value is -1.24. The Kier molecular flexibility index (Phi) is 3.40. The van der Waals surface area contributed by atoms with Gasteiger partial charge in [-0.25, -0.2) is 8.78 Å². The number of nitrogens with one attached hydrogen (secondary N) is 1. The van der Waals surface area contributed by atoms with Crippen molar-refractivity contribution in [3.8, 4) is 5.69 Å². The molecular weight excluding hydrogens is 370 g/mol. The third kappa shape index (κ3) is 2.17. The Morgan fingerprint density at radius 2 is 1.90 bits per heavy atom. The highest BCUT2D eigenvalue weighted by Gasteiger charge is 2.13. The van der Waals surface area contributed by atoms with E-state index in [0.717, 1.165) is 0 Å². The minimum atomic E-state index is -0.586. The summed E-state index contributed by atoms with van der Waals surface area (Å²) in [5, 5.41) is -0.0179. The number of fused-ring (bicyclic) bond motifs is 1. The number of hydrogen-bond donors (Lipinski definition) is 1. The molecule has 0 atom stereocenters. The molecule has 3 aromatic rings. The first-order valence-electron chi connectivity index (χ1n) is 5.52. The number of benzene rings is 2. The fourth-order valence-corrected chi connectivity index (χ4v) is 2.82. The van der Waals surface area contributed by atoms with Gasteiger partial charge in [-0.2, -0.15) is 0 Å². The number of imidazole rings is 1. The van der Waals surface area contributed by atoms with Crippen molar-refractivity contribution in [1.29, 1.82) is 0 Å². The van der Waals surface area contributed by atoms with Gasteiger partial charge in [0.15, 0.2) is 4.77 Å². The van der Waals surface area contributed by atoms with Gasteiger partial charge in [0.25, 0.3) is 0 Å². The van der Waals surface area contributed by atoms with Gasteiger partial charge in [0.2, 0.25) is 0 Å². The molecule has 0 aliphatic carbocycles. The first-order valence-corrected chi connectivity index (χ1v) is 7.10. The average Bonchev–Trinajstić information content (AvgIpc) is 2.69. The highest BCUT2D eigenvalue weighted by Crippen LogP contribution is 2.27. The second-order valence-electron chi connectivity index (χ2n) is 4.14. The van der Waals surface area contributed by atoms with E-state index in [-0.39, 0.29) is 15.5 Å². The van der Waals surface area contributed by atoms with Crippen molar-refractivity contribution < 1.29 is 8.78 Å². The first-order chi connectivity index (χ1) is 9.47. The molecule has 7 heteroatoms. The zero-order valence-corrected chi connectivity index (χ0v) is 12.9. The number of aromatic amines is 1. The molecule has 0 radical (unpaired) electrons. The molecule has 1 N–H and O–H groups in total. The average molecular weight is 376 g/mol. The number of H-pyrrole nitrogens is 1. The van der Waals surface area contributed by atoms with Crippen LogP contribution in [0.2, 0.25) is 5.02 Å². The van der Waals surface area contributed by atoms with Gasteiger partial charge in [-0.1, -0.05) is 27.5 Å². The Balaban J connectivity index is 2.42. The molecule has 1 aromatic heterocycles. The van der Waals surface area contributed by atoms with Crippen molar-refractivity contribution in [2.45, 2.75) is 0 Å². The van der Waals surface area contributed by atoms with E-state index in [0.29, 0.717) is 15.5 Å². The van der Waals surface area contributed by atoms with Crippen LogP contribution in [0.4, 0.5) is 8.78 Å². The molecule has 0 saturated carbocycles. The van der Waals surface area contributed by atoms with Crippen molar-refractivity contribution >= 4 is 50.8 Å². The van der Waals surface area contributed by atoms with Crippen LogP contribution in [-0.2, 0) is 0 Å². The molecule has 102 valence electrons. The van der Waals surface area contributed by atoms with E-state index >= 15 is 0 Å². The van der Waals surface area contributed by atoms with Crippen LogP contribution in [0.15, 0.2) is 34.8 Å². The standard InChI is InChI=1S/C13H6BrClF2N2S/c14-6-1-2-8(16)11(3-6)19-12-5-9(17)7(15)4-10(12)18-13(19)20/h1-5H,(H,18,20). The Labute approximate surface area is 131 Å². The lowest BCUT2D eigenvalue weighted by molar-refractivity contribution is 0.617. The lowest BCUT2D eigenvalue weighted by Gasteiger charge is -2.07. The molecule has 0 spiro atoms. The van der Waals surface area contributed by atoms with E-state index in [9.17, 15) is 8.78 Å². The highest BCUT2D eigenvalue weighted by molar-refractivity contribution is 9.10. The smallest absolute Gasteiger partial charge is 0.182 e. The Morgan fingerprint density at radius 3 is 2.65 bits per heavy atom. The zero-order valence-electron chi connectivity index (χ0n) is 9.75. The topological polar surface area (TPSA) is 20.7 Å². The first kappa shape index (κ1) is 13.7. The van der Waals surface area contributed by atoms with Crippen LogP contribution in [0.25, 0.3) is 16.7 Å². The lowest BCUT2D eigenvalue weighted by Crippen LogP contribution is -1.98. The van der Waals surface area contributed by atoms with E-state index in [1.807, 2.05) is 0 Å². The second-order valence-corrected chi connectivity index (χ2v) is 5.85. The molecular formula is C13H6BrClF2N2S. The van der Waals surface area contributed by atoms with Crippen LogP contribution in [0.5, 0.6) is 0 Å². The lowest BCUT2D eigenvalue weighted by atomic mass is 10.2. The van der Waals surface area contributed by atoms with Crippen molar-refractivity contribution in [1.82, 2.24) is 9.55 Å². The maximum atomic E-state index is 14.0. The summed E-state index contributed by atoms with van der Waals surface area (Å²) in [5.74, 6) is -1.04. The maximum absolute atomic E-state index is 14.0. The molecule has 1 heterocycles. The van der Waals surface area contributed by atoms with Gasteiger partial charge in [0, 0.05) is 10.5 Å². The fraction of sp³-hybridized carbons (Fsp3) is 0. The minimum Gasteiger partial charge on any atom is -0.330 e. The number of aromatic nitrogens is 2. The molecule has 0 bridgehead atoms. The van der Waals surface area contributed by atoms with Crippen LogP contribution < -0.4 is 0 Å². The van der Waals surface area contributed by atoms with Gasteiger partial charge in [0.1, 0.15) is 11.6 Å². The molecule has 0 amide bonds. The molecule has 0 aliphatic heterocycles. The molecule has 0 fully saturated rings. The summed E-state index contributed by atoms with van der Waals surface area (Å²) in [5.41, 5.74) is 1.20. The van der Waals surface area contributed by atoms with Crippen molar-refractivity contribution in [3.05, 3.63) is 56.2 Å². The van der Waals surface area contributed by atoms with Crippen LogP contribution in [-0.4, -0.2) is 9.55 Å². The predicted octanol–water partition coefficient (Wildman–Crippen LogP) is 5.38. The van der Waals surface area contributed by atoms with Crippen LogP contribution in [0.1, 0.15) is 0 Å². The molecule has 3 rings (SSSR count). The van der Waals surface area contributed by atoms with Gasteiger partial charge in [0.05, 0.1) is 21.7 Å². The largest absolute Gasteiger partial charge is 0.330 e. The van der Waals surface area contributed by atoms with Crippen molar-refractivity contribution in [3.63, 3.8) is 0 Å². The van der Waals surface area contributed by atoms with E-state index < -0.39 is 11.6 Å². The number of hydrogen-bond acceptors (Lipinski definition) is 1. The summed E-state index contributed by atoms with van der Waals surface area (Å²) in [4.78, 5) is 2.88. The highest BCUT2D eigenvalue weighted by atomic mass is 79.9. The minimum absolute atomic E-state index is 0.0179. The SMILES string of the molecule is Fc1cc2c(cc1Cl)[nH]c(=S)n2-c1cc(Br)ccc1F. The monoisotopic (exact) mass is 374 g/mol. The number of halogens is 4. The van der Waals surface area contributed by atoms with Crippen LogP contribution >= 0.6 is 39.7 Å². The number of rotatable bonds is 1. The van der Waals surface area contributed by atoms with Crippen LogP contribution in [0, 0.1) is 16.4 Å². The van der Waals surface area contributed by atoms with Gasteiger partial charge in [-0.15, -0.1) is 0 Å². The van der Waals surface area contributed by atoms with E-state index in [1.165, 1.54) is 22.8 Å². The Morgan fingerprint density at radius 1 is 1.15 bits per heavy atom. The van der Waals surface area contributed by atoms with E-state index in [1.54, 1.807) is 12.1 Å². The molecule has 0 saturated heterocycles. The normalized spacial score (nSPS) is 11.2. The predicted molar refractivity (Wildman–Crippen MR) is 81.1 cm³/mol. The quantitative estimate of drug-likeness (QED) is 0.566. The summed E-state index contributed by atoms with van der Waals surface area (Å²) < 4.78 is 30.0. The van der Waals surface area contributed by atoms with Gasteiger partial charge in [-0.3, -0.25) is 4.57 Å². The Bertz CT molecular complexity index is 888.